The summed E-state index contributed by atoms with van der Waals surface area (Å²) in [5.41, 5.74) is -1.08. The zero-order valence-corrected chi connectivity index (χ0v) is 14.4. The topological polar surface area (TPSA) is 99.6 Å². The van der Waals surface area contributed by atoms with Gasteiger partial charge in [0.15, 0.2) is 5.54 Å². The van der Waals surface area contributed by atoms with Crippen molar-refractivity contribution in [2.24, 2.45) is 0 Å². The molecule has 1 aromatic rings. The lowest BCUT2D eigenvalue weighted by molar-refractivity contribution is -0.163. The summed E-state index contributed by atoms with van der Waals surface area (Å²) in [5.74, 6) is -1.28. The molecule has 4 atom stereocenters. The molecule has 2 saturated heterocycles. The van der Waals surface area contributed by atoms with Crippen LogP contribution in [0.4, 0.5) is 0 Å². The largest absolute Gasteiger partial charge is 0.479 e. The number of carboxylic acids is 1. The summed E-state index contributed by atoms with van der Waals surface area (Å²) in [6.07, 6.45) is 3.78. The second-order valence-corrected chi connectivity index (χ2v) is 8.97. The van der Waals surface area contributed by atoms with Crippen LogP contribution in [0, 0.1) is 0 Å². The number of amides is 2. The van der Waals surface area contributed by atoms with E-state index in [0.717, 1.165) is 4.90 Å². The number of aliphatic carboxylic acids is 1. The van der Waals surface area contributed by atoms with Crippen LogP contribution in [-0.2, 0) is 14.4 Å². The van der Waals surface area contributed by atoms with Crippen molar-refractivity contribution in [1.82, 2.24) is 15.2 Å². The number of carboxylic acid groups (broad SMARTS) is 1. The molecular formula is C15H15N3O4S2. The van der Waals surface area contributed by atoms with E-state index in [1.165, 1.54) is 28.4 Å². The van der Waals surface area contributed by atoms with Gasteiger partial charge < -0.3 is 15.3 Å². The molecule has 0 unspecified atom stereocenters. The molecule has 7 nitrogen and oxygen atoms in total. The van der Waals surface area contributed by atoms with E-state index in [1.54, 1.807) is 12.4 Å². The van der Waals surface area contributed by atoms with E-state index in [0.29, 0.717) is 6.42 Å². The Morgan fingerprint density at radius 3 is 2.88 bits per heavy atom. The second kappa shape index (κ2) is 5.13. The highest BCUT2D eigenvalue weighted by atomic mass is 32.2. The first kappa shape index (κ1) is 15.8. The number of hydrogen-bond acceptors (Lipinski definition) is 6. The molecule has 3 aliphatic rings. The highest BCUT2D eigenvalue weighted by molar-refractivity contribution is 8.02. The minimum Gasteiger partial charge on any atom is -0.479 e. The van der Waals surface area contributed by atoms with Crippen LogP contribution in [-0.4, -0.2) is 60.2 Å². The van der Waals surface area contributed by atoms with E-state index in [1.807, 2.05) is 19.1 Å². The Hall–Kier alpha value is -1.74. The van der Waals surface area contributed by atoms with Gasteiger partial charge in [0.1, 0.15) is 11.4 Å². The van der Waals surface area contributed by atoms with Crippen molar-refractivity contribution in [2.45, 2.75) is 39.9 Å². The molecule has 0 radical (unpaired) electrons. The Balaban J connectivity index is 1.37. The van der Waals surface area contributed by atoms with Crippen molar-refractivity contribution < 1.29 is 19.5 Å². The predicted octanol–water partition coefficient (Wildman–Crippen LogP) is 0.559. The van der Waals surface area contributed by atoms with Gasteiger partial charge in [-0.15, -0.1) is 23.5 Å². The highest BCUT2D eigenvalue weighted by Crippen LogP contribution is 2.71. The van der Waals surface area contributed by atoms with Crippen LogP contribution in [0.2, 0.25) is 0 Å². The number of rotatable bonds is 5. The smallest absolute Gasteiger partial charge is 0.331 e. The molecule has 1 saturated carbocycles. The van der Waals surface area contributed by atoms with E-state index in [-0.39, 0.29) is 22.9 Å². The monoisotopic (exact) mass is 365 g/mol. The lowest BCUT2D eigenvalue weighted by Gasteiger charge is -2.45. The minimum atomic E-state index is -1.08. The average molecular weight is 365 g/mol. The second-order valence-electron chi connectivity index (χ2n) is 6.31. The molecule has 1 aromatic heterocycles. The molecule has 0 spiro atoms. The van der Waals surface area contributed by atoms with Crippen LogP contribution in [0.5, 0.6) is 0 Å². The maximum Gasteiger partial charge on any atom is 0.331 e. The van der Waals surface area contributed by atoms with Crippen molar-refractivity contribution in [3.8, 4) is 0 Å². The van der Waals surface area contributed by atoms with Crippen LogP contribution < -0.4 is 5.32 Å². The van der Waals surface area contributed by atoms with E-state index in [2.05, 4.69) is 10.3 Å². The zero-order valence-electron chi connectivity index (χ0n) is 12.8. The Morgan fingerprint density at radius 2 is 2.21 bits per heavy atom. The molecule has 126 valence electrons. The molecule has 2 amide bonds. The molecule has 3 fully saturated rings. The fourth-order valence-electron chi connectivity index (χ4n) is 3.52. The van der Waals surface area contributed by atoms with Gasteiger partial charge in [-0.3, -0.25) is 14.6 Å². The highest BCUT2D eigenvalue weighted by Gasteiger charge is 2.85. The van der Waals surface area contributed by atoms with Gasteiger partial charge in [0.05, 0.1) is 10.5 Å². The van der Waals surface area contributed by atoms with Crippen LogP contribution in [0.25, 0.3) is 0 Å². The number of β-lactam (4-membered cyclic amide) rings is 1. The number of pyridine rings is 1. The van der Waals surface area contributed by atoms with E-state index in [9.17, 15) is 19.5 Å². The normalized spacial score (nSPS) is 35.7. The first-order chi connectivity index (χ1) is 11.4. The van der Waals surface area contributed by atoms with E-state index >= 15 is 0 Å². The maximum absolute atomic E-state index is 12.4. The Bertz CT molecular complexity index is 745. The lowest BCUT2D eigenvalue weighted by Crippen LogP contribution is -2.72. The SMILES string of the molecule is C[C@@]12C[C@]1(C(=O)O)N1C(=O)[C@@H](NC(=O)CSc3ccncc3)[C@H]1S2. The molecular weight excluding hydrogens is 350 g/mol. The summed E-state index contributed by atoms with van der Waals surface area (Å²) in [7, 11) is 0. The van der Waals surface area contributed by atoms with Crippen LogP contribution in [0.1, 0.15) is 13.3 Å². The maximum atomic E-state index is 12.4. The van der Waals surface area contributed by atoms with Crippen LogP contribution in [0.15, 0.2) is 29.4 Å². The summed E-state index contributed by atoms with van der Waals surface area (Å²) >= 11 is 2.85. The molecule has 3 heterocycles. The van der Waals surface area contributed by atoms with Crippen molar-refractivity contribution in [2.75, 3.05) is 5.75 Å². The van der Waals surface area contributed by atoms with Gasteiger partial charge in [0, 0.05) is 23.7 Å². The molecule has 2 N–H and O–H groups in total. The van der Waals surface area contributed by atoms with Crippen LogP contribution >= 0.6 is 23.5 Å². The third-order valence-electron chi connectivity index (χ3n) is 4.87. The van der Waals surface area contributed by atoms with Crippen molar-refractivity contribution in [1.29, 1.82) is 0 Å². The Kier molecular flexibility index (Phi) is 3.37. The first-order valence-electron chi connectivity index (χ1n) is 7.46. The van der Waals surface area contributed by atoms with Crippen molar-refractivity contribution in [3.63, 3.8) is 0 Å². The Morgan fingerprint density at radius 1 is 1.50 bits per heavy atom. The number of fused-ring (bicyclic) bond motifs is 3. The Labute approximate surface area is 146 Å². The number of nitrogens with one attached hydrogen (secondary N) is 1. The minimum absolute atomic E-state index is 0.201. The molecule has 9 heteroatoms. The van der Waals surface area contributed by atoms with Gasteiger partial charge in [-0.05, 0) is 19.1 Å². The van der Waals surface area contributed by atoms with Gasteiger partial charge >= 0.3 is 5.97 Å². The van der Waals surface area contributed by atoms with Gasteiger partial charge in [-0.25, -0.2) is 4.79 Å². The molecule has 2 aliphatic heterocycles. The summed E-state index contributed by atoms with van der Waals surface area (Å²) in [4.78, 5) is 42.3. The third kappa shape index (κ3) is 2.00. The number of carbonyl (C=O) groups is 3. The fourth-order valence-corrected chi connectivity index (χ4v) is 6.13. The van der Waals surface area contributed by atoms with E-state index < -0.39 is 22.3 Å². The molecule has 0 bridgehead atoms. The summed E-state index contributed by atoms with van der Waals surface area (Å²) in [6, 6.07) is 3.00. The zero-order chi connectivity index (χ0) is 17.1. The van der Waals surface area contributed by atoms with Gasteiger partial charge in [-0.1, -0.05) is 0 Å². The van der Waals surface area contributed by atoms with Gasteiger partial charge in [-0.2, -0.15) is 0 Å². The summed E-state index contributed by atoms with van der Waals surface area (Å²) in [6.45, 7) is 1.87. The molecule has 0 aromatic carbocycles. The third-order valence-corrected chi connectivity index (χ3v) is 7.61. The van der Waals surface area contributed by atoms with Crippen molar-refractivity contribution >= 4 is 41.3 Å². The summed E-state index contributed by atoms with van der Waals surface area (Å²) in [5, 5.41) is 12.0. The first-order valence-corrected chi connectivity index (χ1v) is 9.32. The van der Waals surface area contributed by atoms with Crippen molar-refractivity contribution in [3.05, 3.63) is 24.5 Å². The van der Waals surface area contributed by atoms with Crippen LogP contribution in [0.3, 0.4) is 0 Å². The standard InChI is InChI=1S/C15H15N3O4S2/c1-14-7-15(14,13(21)22)18-11(20)10(12(18)24-14)17-9(19)6-23-8-2-4-16-5-3-8/h2-5,10,12H,6-7H2,1H3,(H,17,19)(H,21,22)/t10-,12-,14-,15-/m1/s1. The number of thioether (sulfide) groups is 2. The quantitative estimate of drug-likeness (QED) is 0.581. The molecule has 1 aliphatic carbocycles. The van der Waals surface area contributed by atoms with Gasteiger partial charge in [0.2, 0.25) is 11.8 Å². The molecule has 4 rings (SSSR count). The number of nitrogens with zero attached hydrogens (tertiary/aromatic N) is 2. The number of carbonyl (C=O) groups excluding carboxylic acids is 2. The average Bonchev–Trinajstić information content (AvgIpc) is 3.10. The molecule has 24 heavy (non-hydrogen) atoms. The van der Waals surface area contributed by atoms with E-state index in [4.69, 9.17) is 0 Å². The van der Waals surface area contributed by atoms with Gasteiger partial charge in [0.25, 0.3) is 0 Å². The number of aromatic nitrogens is 1. The summed E-state index contributed by atoms with van der Waals surface area (Å²) < 4.78 is -0.440. The lowest BCUT2D eigenvalue weighted by atomic mass is 10.0. The fraction of sp³-hybridized carbons (Fsp3) is 0.467. The predicted molar refractivity (Wildman–Crippen MR) is 88.5 cm³/mol. The number of hydrogen-bond donors (Lipinski definition) is 2.